The molecule has 1 rings (SSSR count). The molecule has 0 amide bonds. The predicted molar refractivity (Wildman–Crippen MR) is 72.2 cm³/mol. The average molecular weight is 434 g/mol. The zero-order valence-corrected chi connectivity index (χ0v) is 15.4. The summed E-state index contributed by atoms with van der Waals surface area (Å²) in [6, 6.07) is 0.862. The molecule has 0 aliphatic heterocycles. The molecule has 1 saturated carbocycles. The number of nitrogens with one attached hydrogen (secondary N) is 1. The SMILES string of the molecule is Cl.Cl.[Hf][NH]C1CCCCCCCCCCC1. The number of hydrogen-bond donors (Lipinski definition) is 1. The van der Waals surface area contributed by atoms with Crippen LogP contribution in [0.25, 0.3) is 0 Å². The summed E-state index contributed by atoms with van der Waals surface area (Å²) < 4.78 is 3.59. The first-order valence-corrected chi connectivity index (χ1v) is 8.15. The van der Waals surface area contributed by atoms with Crippen LogP contribution in [0.15, 0.2) is 0 Å². The van der Waals surface area contributed by atoms with E-state index in [2.05, 4.69) is 3.30 Å². The molecule has 1 aliphatic carbocycles. The quantitative estimate of drug-likeness (QED) is 0.598. The van der Waals surface area contributed by atoms with E-state index in [-0.39, 0.29) is 24.8 Å². The molecule has 0 radical (unpaired) electrons. The first-order valence-electron chi connectivity index (χ1n) is 6.36. The minimum atomic E-state index is 0. The number of hydrogen-bond acceptors (Lipinski definition) is 1. The van der Waals surface area contributed by atoms with Gasteiger partial charge in [-0.25, -0.2) is 0 Å². The zero-order chi connectivity index (χ0) is 10.1. The van der Waals surface area contributed by atoms with Crippen molar-refractivity contribution < 1.29 is 24.7 Å². The Balaban J connectivity index is 0. The van der Waals surface area contributed by atoms with E-state index in [0.717, 1.165) is 6.04 Å². The molecule has 0 spiro atoms. The van der Waals surface area contributed by atoms with Gasteiger partial charge in [-0.2, -0.15) is 0 Å². The Kier molecular flexibility index (Phi) is 17.9. The van der Waals surface area contributed by atoms with E-state index in [9.17, 15) is 0 Å². The molecular weight excluding hydrogens is 408 g/mol. The van der Waals surface area contributed by atoms with Gasteiger partial charge in [0.1, 0.15) is 0 Å². The van der Waals surface area contributed by atoms with E-state index in [1.807, 2.05) is 0 Å². The van der Waals surface area contributed by atoms with Gasteiger partial charge in [0.25, 0.3) is 0 Å². The Hall–Kier alpha value is 1.41. The molecule has 1 nitrogen and oxygen atoms in total. The summed E-state index contributed by atoms with van der Waals surface area (Å²) >= 11 is 1.17. The van der Waals surface area contributed by atoms with Crippen molar-refractivity contribution in [2.45, 2.75) is 76.7 Å². The fourth-order valence-corrected chi connectivity index (χ4v) is 3.34. The number of rotatable bonds is 1. The molecule has 4 heteroatoms. The molecule has 97 valence electrons. The first-order chi connectivity index (χ1) is 6.93. The van der Waals surface area contributed by atoms with Gasteiger partial charge in [0.15, 0.2) is 0 Å². The standard InChI is InChI=1S/C12H24N.2ClH.Hf/c13-12-10-8-6-4-2-1-3-5-7-9-11-12;;;/h12-13H,1-11H2;2*1H;/q-1;;;+1. The molecule has 0 saturated heterocycles. The van der Waals surface area contributed by atoms with Crippen LogP contribution < -0.4 is 3.30 Å². The summed E-state index contributed by atoms with van der Waals surface area (Å²) in [7, 11) is 0. The van der Waals surface area contributed by atoms with E-state index in [0.29, 0.717) is 0 Å². The summed E-state index contributed by atoms with van der Waals surface area (Å²) in [5, 5.41) is 0. The van der Waals surface area contributed by atoms with Crippen molar-refractivity contribution in [3.05, 3.63) is 0 Å². The minimum absolute atomic E-state index is 0. The third-order valence-corrected chi connectivity index (χ3v) is 4.78. The molecule has 1 aliphatic rings. The van der Waals surface area contributed by atoms with Crippen LogP contribution in [0.1, 0.15) is 70.6 Å². The van der Waals surface area contributed by atoms with E-state index in [1.54, 1.807) is 0 Å². The molecule has 0 aromatic carbocycles. The second-order valence-corrected chi connectivity index (χ2v) is 5.64. The molecule has 0 unspecified atom stereocenters. The van der Waals surface area contributed by atoms with Crippen LogP contribution in [0.4, 0.5) is 0 Å². The molecule has 0 aromatic rings. The van der Waals surface area contributed by atoms with E-state index >= 15 is 0 Å². The maximum atomic E-state index is 3.59. The van der Waals surface area contributed by atoms with Gasteiger partial charge < -0.3 is 0 Å². The summed E-state index contributed by atoms with van der Waals surface area (Å²) in [4.78, 5) is 0. The second kappa shape index (κ2) is 14.5. The van der Waals surface area contributed by atoms with Crippen molar-refractivity contribution in [1.29, 1.82) is 0 Å². The average Bonchev–Trinajstić information content (AvgIpc) is 2.19. The van der Waals surface area contributed by atoms with E-state index in [4.69, 9.17) is 0 Å². The van der Waals surface area contributed by atoms with Gasteiger partial charge in [0, 0.05) is 0 Å². The van der Waals surface area contributed by atoms with Crippen molar-refractivity contribution >= 4 is 24.8 Å². The molecule has 0 aromatic heterocycles. The maximum absolute atomic E-state index is 3.59. The molecule has 0 atom stereocenters. The van der Waals surface area contributed by atoms with Crippen LogP contribution in [-0.2, 0) is 24.7 Å². The van der Waals surface area contributed by atoms with Gasteiger partial charge >= 0.3 is 105 Å². The zero-order valence-electron chi connectivity index (χ0n) is 10.2. The Labute approximate surface area is 129 Å². The van der Waals surface area contributed by atoms with E-state index in [1.165, 1.54) is 95.3 Å². The number of halogens is 2. The topological polar surface area (TPSA) is 12.0 Å². The summed E-state index contributed by atoms with van der Waals surface area (Å²) in [6.45, 7) is 0. The summed E-state index contributed by atoms with van der Waals surface area (Å²) in [6.07, 6.45) is 16.1. The third-order valence-electron chi connectivity index (χ3n) is 3.31. The van der Waals surface area contributed by atoms with Crippen molar-refractivity contribution in [2.75, 3.05) is 0 Å². The third kappa shape index (κ3) is 10.6. The van der Waals surface area contributed by atoms with E-state index < -0.39 is 0 Å². The molecule has 0 heterocycles. The molecule has 0 bridgehead atoms. The Morgan fingerprint density at radius 1 is 0.625 bits per heavy atom. The van der Waals surface area contributed by atoms with Crippen LogP contribution in [0.2, 0.25) is 0 Å². The normalized spacial score (nSPS) is 20.7. The van der Waals surface area contributed by atoms with Crippen LogP contribution in [-0.4, -0.2) is 6.04 Å². The van der Waals surface area contributed by atoms with Crippen LogP contribution in [0.5, 0.6) is 0 Å². The Morgan fingerprint density at radius 3 is 1.25 bits per heavy atom. The van der Waals surface area contributed by atoms with Crippen LogP contribution >= 0.6 is 24.8 Å². The molecular formula is C12H26Cl2HfN. The predicted octanol–water partition coefficient (Wildman–Crippen LogP) is 4.55. The monoisotopic (exact) mass is 434 g/mol. The van der Waals surface area contributed by atoms with Crippen molar-refractivity contribution in [3.8, 4) is 0 Å². The second-order valence-electron chi connectivity index (χ2n) is 4.60. The molecule has 1 fully saturated rings. The van der Waals surface area contributed by atoms with Crippen LogP contribution in [0, 0.1) is 0 Å². The molecule has 16 heavy (non-hydrogen) atoms. The first kappa shape index (κ1) is 19.7. The van der Waals surface area contributed by atoms with Crippen molar-refractivity contribution in [3.63, 3.8) is 0 Å². The van der Waals surface area contributed by atoms with Crippen molar-refractivity contribution in [1.82, 2.24) is 3.30 Å². The Morgan fingerprint density at radius 2 is 0.938 bits per heavy atom. The van der Waals surface area contributed by atoms with Gasteiger partial charge in [-0.3, -0.25) is 0 Å². The summed E-state index contributed by atoms with van der Waals surface area (Å²) in [5.74, 6) is 0. The van der Waals surface area contributed by atoms with Crippen molar-refractivity contribution in [2.24, 2.45) is 0 Å². The summed E-state index contributed by atoms with van der Waals surface area (Å²) in [5.41, 5.74) is 0. The van der Waals surface area contributed by atoms with Gasteiger partial charge in [0.05, 0.1) is 0 Å². The van der Waals surface area contributed by atoms with Gasteiger partial charge in [-0.05, 0) is 0 Å². The Bertz CT molecular complexity index is 124. The van der Waals surface area contributed by atoms with Crippen LogP contribution in [0.3, 0.4) is 0 Å². The van der Waals surface area contributed by atoms with Gasteiger partial charge in [-0.1, -0.05) is 0 Å². The fourth-order valence-electron chi connectivity index (χ4n) is 2.31. The van der Waals surface area contributed by atoms with Gasteiger partial charge in [0.2, 0.25) is 0 Å². The fraction of sp³-hybridized carbons (Fsp3) is 1.00. The molecule has 1 N–H and O–H groups in total. The van der Waals surface area contributed by atoms with Gasteiger partial charge in [-0.15, -0.1) is 24.8 Å².